The van der Waals surface area contributed by atoms with Gasteiger partial charge in [-0.1, -0.05) is 16.8 Å². The molecule has 0 unspecified atom stereocenters. The third-order valence-electron chi connectivity index (χ3n) is 4.26. The third-order valence-corrected chi connectivity index (χ3v) is 4.51. The summed E-state index contributed by atoms with van der Waals surface area (Å²) in [6.07, 6.45) is 1.93. The van der Waals surface area contributed by atoms with Gasteiger partial charge in [0.1, 0.15) is 0 Å². The molecule has 140 valence electrons. The molecule has 1 aromatic carbocycles. The summed E-state index contributed by atoms with van der Waals surface area (Å²) in [5.74, 6) is 1.98. The number of aliphatic hydroxyl groups excluding tert-OH is 1. The van der Waals surface area contributed by atoms with Crippen LogP contribution in [0.4, 0.5) is 0 Å². The number of benzene rings is 1. The van der Waals surface area contributed by atoms with Crippen molar-refractivity contribution in [2.24, 2.45) is 4.99 Å². The summed E-state index contributed by atoms with van der Waals surface area (Å²) in [6.45, 7) is 5.04. The molecule has 1 saturated heterocycles. The van der Waals surface area contributed by atoms with Crippen LogP contribution in [0.2, 0.25) is 5.02 Å². The van der Waals surface area contributed by atoms with E-state index in [4.69, 9.17) is 16.1 Å². The van der Waals surface area contributed by atoms with Crippen LogP contribution >= 0.6 is 11.6 Å². The normalized spacial score (nSPS) is 16.1. The molecule has 2 N–H and O–H groups in total. The molecule has 0 bridgehead atoms. The minimum atomic E-state index is -0.196. The monoisotopic (exact) mass is 377 g/mol. The molecule has 26 heavy (non-hydrogen) atoms. The first-order valence-corrected chi connectivity index (χ1v) is 9.33. The zero-order chi connectivity index (χ0) is 18.4. The van der Waals surface area contributed by atoms with Crippen molar-refractivity contribution in [1.82, 2.24) is 20.4 Å². The van der Waals surface area contributed by atoms with Gasteiger partial charge in [0, 0.05) is 36.6 Å². The van der Waals surface area contributed by atoms with Gasteiger partial charge in [-0.25, -0.2) is 0 Å². The van der Waals surface area contributed by atoms with E-state index in [1.54, 1.807) is 12.1 Å². The minimum Gasteiger partial charge on any atom is -0.393 e. The second-order valence-corrected chi connectivity index (χ2v) is 6.66. The van der Waals surface area contributed by atoms with Crippen molar-refractivity contribution in [2.75, 3.05) is 26.2 Å². The van der Waals surface area contributed by atoms with Crippen molar-refractivity contribution < 1.29 is 9.63 Å². The molecule has 8 heteroatoms. The summed E-state index contributed by atoms with van der Waals surface area (Å²) >= 11 is 5.90. The van der Waals surface area contributed by atoms with Gasteiger partial charge in [0.15, 0.2) is 5.96 Å². The molecule has 2 heterocycles. The van der Waals surface area contributed by atoms with Crippen LogP contribution in [0.5, 0.6) is 0 Å². The zero-order valence-corrected chi connectivity index (χ0v) is 15.6. The highest BCUT2D eigenvalue weighted by atomic mass is 35.5. The molecule has 3 rings (SSSR count). The number of aliphatic imine (C=N–C) groups is 1. The third kappa shape index (κ3) is 4.95. The Morgan fingerprint density at radius 3 is 2.77 bits per heavy atom. The lowest BCUT2D eigenvalue weighted by Crippen LogP contribution is -2.46. The van der Waals surface area contributed by atoms with Crippen LogP contribution in [-0.2, 0) is 6.42 Å². The van der Waals surface area contributed by atoms with Gasteiger partial charge in [-0.2, -0.15) is 4.98 Å². The number of aromatic nitrogens is 2. The molecule has 1 fully saturated rings. The predicted octanol–water partition coefficient (Wildman–Crippen LogP) is 2.35. The second kappa shape index (κ2) is 9.00. The molecule has 0 amide bonds. The van der Waals surface area contributed by atoms with E-state index in [1.807, 2.05) is 19.1 Å². The van der Waals surface area contributed by atoms with E-state index < -0.39 is 0 Å². The van der Waals surface area contributed by atoms with Gasteiger partial charge < -0.3 is 19.8 Å². The van der Waals surface area contributed by atoms with Crippen LogP contribution in [-0.4, -0.2) is 58.4 Å². The number of aliphatic hydroxyl groups is 1. The van der Waals surface area contributed by atoms with Gasteiger partial charge >= 0.3 is 0 Å². The van der Waals surface area contributed by atoms with Crippen molar-refractivity contribution in [3.8, 4) is 11.4 Å². The molecule has 2 aromatic rings. The number of piperidine rings is 1. The van der Waals surface area contributed by atoms with Crippen molar-refractivity contribution in [3.05, 3.63) is 35.2 Å². The molecular weight excluding hydrogens is 354 g/mol. The van der Waals surface area contributed by atoms with Crippen LogP contribution in [0.3, 0.4) is 0 Å². The molecule has 0 aliphatic carbocycles. The van der Waals surface area contributed by atoms with Crippen molar-refractivity contribution in [1.29, 1.82) is 0 Å². The van der Waals surface area contributed by atoms with E-state index in [2.05, 4.69) is 25.3 Å². The van der Waals surface area contributed by atoms with E-state index in [0.717, 1.165) is 44.0 Å². The van der Waals surface area contributed by atoms with Crippen LogP contribution in [0.15, 0.2) is 33.8 Å². The number of nitrogens with zero attached hydrogens (tertiary/aromatic N) is 4. The molecule has 0 saturated carbocycles. The number of nitrogens with one attached hydrogen (secondary N) is 1. The first-order valence-electron chi connectivity index (χ1n) is 8.95. The van der Waals surface area contributed by atoms with Crippen LogP contribution in [0.1, 0.15) is 25.7 Å². The van der Waals surface area contributed by atoms with Gasteiger partial charge in [-0.15, -0.1) is 0 Å². The molecule has 0 atom stereocenters. The van der Waals surface area contributed by atoms with Crippen LogP contribution < -0.4 is 5.32 Å². The number of hydrogen-bond donors (Lipinski definition) is 2. The van der Waals surface area contributed by atoms with Gasteiger partial charge in [-0.3, -0.25) is 4.99 Å². The minimum absolute atomic E-state index is 0.196. The molecule has 0 spiro atoms. The summed E-state index contributed by atoms with van der Waals surface area (Å²) in [5, 5.41) is 17.6. The van der Waals surface area contributed by atoms with Gasteiger partial charge in [-0.05, 0) is 44.0 Å². The highest BCUT2D eigenvalue weighted by Crippen LogP contribution is 2.18. The van der Waals surface area contributed by atoms with Crippen molar-refractivity contribution in [2.45, 2.75) is 32.3 Å². The number of likely N-dealkylation sites (tertiary alicyclic amines) is 1. The van der Waals surface area contributed by atoms with E-state index in [0.29, 0.717) is 29.7 Å². The topological polar surface area (TPSA) is 86.8 Å². The van der Waals surface area contributed by atoms with Gasteiger partial charge in [0.2, 0.25) is 11.7 Å². The zero-order valence-electron chi connectivity index (χ0n) is 14.9. The van der Waals surface area contributed by atoms with Crippen LogP contribution in [0, 0.1) is 0 Å². The average molecular weight is 378 g/mol. The fourth-order valence-electron chi connectivity index (χ4n) is 2.83. The number of guanidine groups is 1. The maximum absolute atomic E-state index is 9.65. The van der Waals surface area contributed by atoms with Gasteiger partial charge in [0.05, 0.1) is 12.6 Å². The Hall–Kier alpha value is -2.12. The highest BCUT2D eigenvalue weighted by Gasteiger charge is 2.19. The SMILES string of the molecule is CCNC(=NCCc1nc(-c2ccc(Cl)cc2)no1)N1CCC(O)CC1. The molecule has 0 radical (unpaired) electrons. The quantitative estimate of drug-likeness (QED) is 0.614. The summed E-state index contributed by atoms with van der Waals surface area (Å²) in [7, 11) is 0. The fraction of sp³-hybridized carbons (Fsp3) is 0.500. The number of rotatable bonds is 5. The molecule has 1 aliphatic heterocycles. The van der Waals surface area contributed by atoms with Crippen molar-refractivity contribution in [3.63, 3.8) is 0 Å². The van der Waals surface area contributed by atoms with E-state index in [1.165, 1.54) is 0 Å². The summed E-state index contributed by atoms with van der Waals surface area (Å²) in [5.41, 5.74) is 0.869. The largest absolute Gasteiger partial charge is 0.393 e. The Bertz CT molecular complexity index is 723. The standard InChI is InChI=1S/C18H24ClN5O2/c1-2-20-18(24-11-8-15(25)9-12-24)21-10-7-16-22-17(23-26-16)13-3-5-14(19)6-4-13/h3-6,15,25H,2,7-12H2,1H3,(H,20,21). The van der Waals surface area contributed by atoms with E-state index >= 15 is 0 Å². The Labute approximate surface area is 158 Å². The first kappa shape index (κ1) is 18.7. The van der Waals surface area contributed by atoms with Crippen molar-refractivity contribution >= 4 is 17.6 Å². The van der Waals surface area contributed by atoms with Gasteiger partial charge in [0.25, 0.3) is 0 Å². The lowest BCUT2D eigenvalue weighted by Gasteiger charge is -2.32. The Morgan fingerprint density at radius 1 is 1.35 bits per heavy atom. The Balaban J connectivity index is 1.58. The Kier molecular flexibility index (Phi) is 6.46. The molecular formula is C18H24ClN5O2. The lowest BCUT2D eigenvalue weighted by molar-refractivity contribution is 0.108. The van der Waals surface area contributed by atoms with E-state index in [-0.39, 0.29) is 6.10 Å². The number of halogens is 1. The summed E-state index contributed by atoms with van der Waals surface area (Å²) in [6, 6.07) is 7.33. The fourth-order valence-corrected chi connectivity index (χ4v) is 2.96. The first-order chi connectivity index (χ1) is 12.7. The predicted molar refractivity (Wildman–Crippen MR) is 101 cm³/mol. The maximum atomic E-state index is 9.65. The summed E-state index contributed by atoms with van der Waals surface area (Å²) in [4.78, 5) is 11.3. The highest BCUT2D eigenvalue weighted by molar-refractivity contribution is 6.30. The smallest absolute Gasteiger partial charge is 0.228 e. The Morgan fingerprint density at radius 2 is 2.08 bits per heavy atom. The number of hydrogen-bond acceptors (Lipinski definition) is 5. The summed E-state index contributed by atoms with van der Waals surface area (Å²) < 4.78 is 5.32. The lowest BCUT2D eigenvalue weighted by atomic mass is 10.1. The maximum Gasteiger partial charge on any atom is 0.228 e. The molecule has 7 nitrogen and oxygen atoms in total. The van der Waals surface area contributed by atoms with E-state index in [9.17, 15) is 5.11 Å². The second-order valence-electron chi connectivity index (χ2n) is 6.22. The molecule has 1 aliphatic rings. The average Bonchev–Trinajstić information content (AvgIpc) is 3.11. The molecule has 1 aromatic heterocycles. The van der Waals surface area contributed by atoms with Crippen LogP contribution in [0.25, 0.3) is 11.4 Å².